The average Bonchev–Trinajstić information content (AvgIpc) is 3.10. The van der Waals surface area contributed by atoms with Crippen molar-refractivity contribution in [1.29, 1.82) is 0 Å². The molecule has 0 radical (unpaired) electrons. The van der Waals surface area contributed by atoms with Crippen LogP contribution >= 0.6 is 11.6 Å². The van der Waals surface area contributed by atoms with E-state index < -0.39 is 5.82 Å². The largest absolute Gasteiger partial charge is 0.469 e. The molecular weight excluding hydrogens is 461 g/mol. The number of carbonyl (C=O) groups is 2. The number of rotatable bonds is 5. The van der Waals surface area contributed by atoms with Gasteiger partial charge in [0.15, 0.2) is 0 Å². The number of likely N-dealkylation sites (tertiary alicyclic amines) is 1. The van der Waals surface area contributed by atoms with Crippen molar-refractivity contribution in [2.24, 2.45) is 5.92 Å². The summed E-state index contributed by atoms with van der Waals surface area (Å²) in [5, 5.41) is 0.0752. The van der Waals surface area contributed by atoms with E-state index in [9.17, 15) is 14.0 Å². The van der Waals surface area contributed by atoms with Crippen molar-refractivity contribution in [3.63, 3.8) is 0 Å². The number of fused-ring (bicyclic) bond motifs is 1. The summed E-state index contributed by atoms with van der Waals surface area (Å²) in [5.74, 6) is -0.928. The van der Waals surface area contributed by atoms with Gasteiger partial charge in [0, 0.05) is 37.8 Å². The predicted octanol–water partition coefficient (Wildman–Crippen LogP) is 4.34. The number of carbonyl (C=O) groups excluding carboxylic acids is 2. The molecule has 0 spiro atoms. The highest BCUT2D eigenvalue weighted by atomic mass is 35.5. The van der Waals surface area contributed by atoms with Crippen molar-refractivity contribution in [3.05, 3.63) is 52.6 Å². The van der Waals surface area contributed by atoms with Gasteiger partial charge < -0.3 is 19.3 Å². The Morgan fingerprint density at radius 2 is 2.00 bits per heavy atom. The fraction of sp³-hybridized carbons (Fsp3) is 0.480. The summed E-state index contributed by atoms with van der Waals surface area (Å²) < 4.78 is 24.5. The van der Waals surface area contributed by atoms with Crippen molar-refractivity contribution in [3.8, 4) is 0 Å². The smallest absolute Gasteiger partial charge is 0.305 e. The maximum atomic E-state index is 14.1. The molecule has 4 rings (SSSR count). The molecule has 1 aromatic carbocycles. The maximum absolute atomic E-state index is 14.1. The molecule has 3 heterocycles. The van der Waals surface area contributed by atoms with Crippen molar-refractivity contribution in [2.75, 3.05) is 38.8 Å². The molecule has 182 valence electrons. The van der Waals surface area contributed by atoms with E-state index in [0.29, 0.717) is 37.4 Å². The lowest BCUT2D eigenvalue weighted by Gasteiger charge is -2.37. The van der Waals surface area contributed by atoms with Crippen LogP contribution in [0.2, 0.25) is 5.02 Å². The first kappa shape index (κ1) is 24.4. The van der Waals surface area contributed by atoms with Gasteiger partial charge in [-0.25, -0.2) is 9.37 Å². The second kappa shape index (κ2) is 9.50. The number of anilines is 2. The highest BCUT2D eigenvalue weighted by Crippen LogP contribution is 2.43. The van der Waals surface area contributed by atoms with Gasteiger partial charge in [0.1, 0.15) is 11.5 Å². The van der Waals surface area contributed by atoms with E-state index in [4.69, 9.17) is 26.1 Å². The molecule has 2 aliphatic rings. The Balaban J connectivity index is 1.56. The molecule has 0 N–H and O–H groups in total. The second-order valence-electron chi connectivity index (χ2n) is 9.49. The van der Waals surface area contributed by atoms with Crippen molar-refractivity contribution < 1.29 is 23.5 Å². The van der Waals surface area contributed by atoms with Crippen LogP contribution in [0.5, 0.6) is 0 Å². The third-order valence-electron chi connectivity index (χ3n) is 6.74. The van der Waals surface area contributed by atoms with Crippen LogP contribution in [-0.4, -0.2) is 61.7 Å². The number of ether oxygens (including phenoxy) is 2. The number of hydrogen-bond acceptors (Lipinski definition) is 6. The lowest BCUT2D eigenvalue weighted by molar-refractivity contribution is -0.143. The normalized spacial score (nSPS) is 21.4. The number of benzene rings is 1. The van der Waals surface area contributed by atoms with Gasteiger partial charge in [0.2, 0.25) is 0 Å². The van der Waals surface area contributed by atoms with Crippen LogP contribution in [0.15, 0.2) is 30.3 Å². The number of halogens is 2. The molecule has 2 aromatic rings. The fourth-order valence-corrected chi connectivity index (χ4v) is 4.95. The molecule has 0 bridgehead atoms. The topological polar surface area (TPSA) is 72.0 Å². The molecule has 34 heavy (non-hydrogen) atoms. The number of hydrogen-bond donors (Lipinski definition) is 0. The summed E-state index contributed by atoms with van der Waals surface area (Å²) in [6, 6.07) is 8.31. The first-order valence-electron chi connectivity index (χ1n) is 11.3. The standard InChI is InChI=1S/C25H29ClFN3O4/c1-25(2)14-30(16-5-6-17(26)18(27)12-16)20-8-7-19(28-23(20)25)24(32)29-10-9-15(11-22(31)34-4)21(13-29)33-3/h5-8,12,15,21H,9-11,13-14H2,1-4H3. The molecule has 2 aliphatic heterocycles. The Morgan fingerprint density at radius 1 is 1.24 bits per heavy atom. The minimum absolute atomic E-state index is 0.00161. The van der Waals surface area contributed by atoms with E-state index in [1.165, 1.54) is 13.2 Å². The van der Waals surface area contributed by atoms with Gasteiger partial charge in [-0.3, -0.25) is 9.59 Å². The summed E-state index contributed by atoms with van der Waals surface area (Å²) in [6.45, 7) is 5.60. The molecule has 0 saturated carbocycles. The van der Waals surface area contributed by atoms with Crippen LogP contribution in [0.3, 0.4) is 0 Å². The van der Waals surface area contributed by atoms with Gasteiger partial charge in [-0.1, -0.05) is 25.4 Å². The molecule has 2 unspecified atom stereocenters. The number of pyridine rings is 1. The highest BCUT2D eigenvalue weighted by molar-refractivity contribution is 6.30. The minimum Gasteiger partial charge on any atom is -0.469 e. The highest BCUT2D eigenvalue weighted by Gasteiger charge is 2.39. The minimum atomic E-state index is -0.478. The van der Waals surface area contributed by atoms with E-state index in [-0.39, 0.29) is 40.8 Å². The third-order valence-corrected chi connectivity index (χ3v) is 7.04. The van der Waals surface area contributed by atoms with Crippen LogP contribution < -0.4 is 4.90 Å². The maximum Gasteiger partial charge on any atom is 0.305 e. The molecule has 1 aromatic heterocycles. The molecule has 1 amide bonds. The number of aromatic nitrogens is 1. The van der Waals surface area contributed by atoms with Gasteiger partial charge in [0.25, 0.3) is 5.91 Å². The molecule has 9 heteroatoms. The fourth-order valence-electron chi connectivity index (χ4n) is 4.83. The summed E-state index contributed by atoms with van der Waals surface area (Å²) in [4.78, 5) is 33.5. The Bertz CT molecular complexity index is 1110. The lowest BCUT2D eigenvalue weighted by Crippen LogP contribution is -2.48. The predicted molar refractivity (Wildman–Crippen MR) is 127 cm³/mol. The summed E-state index contributed by atoms with van der Waals surface area (Å²) in [7, 11) is 2.96. The van der Waals surface area contributed by atoms with Crippen LogP contribution in [0.25, 0.3) is 0 Å². The number of piperidine rings is 1. The molecular formula is C25H29ClFN3O4. The van der Waals surface area contributed by atoms with Crippen molar-refractivity contribution >= 4 is 34.9 Å². The van der Waals surface area contributed by atoms with E-state index in [0.717, 1.165) is 11.4 Å². The monoisotopic (exact) mass is 489 g/mol. The first-order valence-corrected chi connectivity index (χ1v) is 11.7. The Hall–Kier alpha value is -2.71. The number of amides is 1. The van der Waals surface area contributed by atoms with Crippen LogP contribution in [0.1, 0.15) is 42.9 Å². The average molecular weight is 490 g/mol. The number of methoxy groups -OCH3 is 2. The molecule has 7 nitrogen and oxygen atoms in total. The quantitative estimate of drug-likeness (QED) is 0.582. The number of nitrogens with zero attached hydrogens (tertiary/aromatic N) is 3. The Kier molecular flexibility index (Phi) is 6.82. The van der Waals surface area contributed by atoms with Gasteiger partial charge in [0.05, 0.1) is 36.0 Å². The molecule has 1 saturated heterocycles. The zero-order chi connectivity index (χ0) is 24.6. The molecule has 1 fully saturated rings. The van der Waals surface area contributed by atoms with E-state index in [1.54, 1.807) is 30.2 Å². The second-order valence-corrected chi connectivity index (χ2v) is 9.89. The van der Waals surface area contributed by atoms with Crippen LogP contribution in [0.4, 0.5) is 15.8 Å². The van der Waals surface area contributed by atoms with Crippen LogP contribution in [-0.2, 0) is 19.7 Å². The Morgan fingerprint density at radius 3 is 2.68 bits per heavy atom. The van der Waals surface area contributed by atoms with E-state index >= 15 is 0 Å². The van der Waals surface area contributed by atoms with Crippen LogP contribution in [0, 0.1) is 11.7 Å². The first-order chi connectivity index (χ1) is 16.1. The number of esters is 1. The van der Waals surface area contributed by atoms with E-state index in [2.05, 4.69) is 13.8 Å². The summed E-state index contributed by atoms with van der Waals surface area (Å²) >= 11 is 5.86. The summed E-state index contributed by atoms with van der Waals surface area (Å²) in [5.41, 5.74) is 2.33. The van der Waals surface area contributed by atoms with Gasteiger partial charge in [-0.05, 0) is 42.7 Å². The lowest BCUT2D eigenvalue weighted by atomic mass is 9.90. The van der Waals surface area contributed by atoms with Gasteiger partial charge in [-0.2, -0.15) is 0 Å². The van der Waals surface area contributed by atoms with E-state index in [1.807, 2.05) is 11.0 Å². The van der Waals surface area contributed by atoms with Gasteiger partial charge >= 0.3 is 5.97 Å². The van der Waals surface area contributed by atoms with Crippen molar-refractivity contribution in [1.82, 2.24) is 9.88 Å². The SMILES string of the molecule is COC(=O)CC1CCN(C(=O)c2ccc3c(n2)C(C)(C)CN3c2ccc(Cl)c(F)c2)CC1OC. The zero-order valence-electron chi connectivity index (χ0n) is 19.8. The molecule has 0 aliphatic carbocycles. The van der Waals surface area contributed by atoms with Crippen molar-refractivity contribution in [2.45, 2.75) is 38.2 Å². The third kappa shape index (κ3) is 4.61. The summed E-state index contributed by atoms with van der Waals surface area (Å²) in [6.07, 6.45) is 0.660. The molecule has 2 atom stereocenters. The van der Waals surface area contributed by atoms with Gasteiger partial charge in [-0.15, -0.1) is 0 Å². The Labute approximate surface area is 203 Å². The zero-order valence-corrected chi connectivity index (χ0v) is 20.6.